The number of hydrogen-bond acceptors (Lipinski definition) is 5. The lowest BCUT2D eigenvalue weighted by molar-refractivity contribution is 0.0955. The molecule has 0 radical (unpaired) electrons. The largest absolute Gasteiger partial charge is 0.504 e. The van der Waals surface area contributed by atoms with Gasteiger partial charge in [-0.25, -0.2) is 5.43 Å². The van der Waals surface area contributed by atoms with Gasteiger partial charge in [0.1, 0.15) is 5.75 Å². The van der Waals surface area contributed by atoms with E-state index in [2.05, 4.69) is 10.5 Å². The summed E-state index contributed by atoms with van der Waals surface area (Å²) in [6, 6.07) is 10.0. The molecule has 0 aliphatic heterocycles. The highest BCUT2D eigenvalue weighted by Crippen LogP contribution is 2.31. The van der Waals surface area contributed by atoms with E-state index in [0.717, 1.165) is 0 Å². The molecule has 2 N–H and O–H groups in total. The van der Waals surface area contributed by atoms with Crippen LogP contribution in [0.1, 0.15) is 15.9 Å². The van der Waals surface area contributed by atoms with E-state index >= 15 is 0 Å². The van der Waals surface area contributed by atoms with Crippen LogP contribution in [0.2, 0.25) is 0 Å². The molecule has 6 nitrogen and oxygen atoms in total. The summed E-state index contributed by atoms with van der Waals surface area (Å²) in [6.45, 7) is 0. The fourth-order valence-corrected chi connectivity index (χ4v) is 2.42. The molecule has 0 aromatic heterocycles. The van der Waals surface area contributed by atoms with Gasteiger partial charge in [-0.1, -0.05) is 0 Å². The van der Waals surface area contributed by atoms with E-state index in [4.69, 9.17) is 9.47 Å². The SMILES string of the molecule is COc1ccc(C(=O)N/N=C\c2cc(I)c(O)c(OC)c2)cc1. The number of aromatic hydroxyl groups is 1. The summed E-state index contributed by atoms with van der Waals surface area (Å²) < 4.78 is 10.7. The first-order chi connectivity index (χ1) is 11.0. The zero-order chi connectivity index (χ0) is 16.8. The summed E-state index contributed by atoms with van der Waals surface area (Å²) in [4.78, 5) is 11.9. The first kappa shape index (κ1) is 17.1. The van der Waals surface area contributed by atoms with E-state index in [1.54, 1.807) is 43.5 Å². The zero-order valence-electron chi connectivity index (χ0n) is 12.5. The lowest BCUT2D eigenvalue weighted by atomic mass is 10.2. The van der Waals surface area contributed by atoms with Gasteiger partial charge < -0.3 is 14.6 Å². The second-order valence-corrected chi connectivity index (χ2v) is 5.64. The summed E-state index contributed by atoms with van der Waals surface area (Å²) in [7, 11) is 3.03. The van der Waals surface area contributed by atoms with Crippen LogP contribution in [0.5, 0.6) is 17.2 Å². The number of phenolic OH excluding ortho intramolecular Hbond substituents is 1. The third-order valence-electron chi connectivity index (χ3n) is 3.00. The first-order valence-corrected chi connectivity index (χ1v) is 7.67. The molecular weight excluding hydrogens is 411 g/mol. The Morgan fingerprint density at radius 3 is 2.52 bits per heavy atom. The van der Waals surface area contributed by atoms with Gasteiger partial charge in [0.2, 0.25) is 0 Å². The van der Waals surface area contributed by atoms with E-state index in [9.17, 15) is 9.90 Å². The Kier molecular flexibility index (Phi) is 5.80. The van der Waals surface area contributed by atoms with E-state index < -0.39 is 0 Å². The molecule has 0 aliphatic carbocycles. The molecule has 23 heavy (non-hydrogen) atoms. The average molecular weight is 426 g/mol. The van der Waals surface area contributed by atoms with Gasteiger partial charge in [-0.2, -0.15) is 5.10 Å². The molecular formula is C16H15IN2O4. The number of rotatable bonds is 5. The molecule has 0 unspecified atom stereocenters. The number of carbonyl (C=O) groups is 1. The number of carbonyl (C=O) groups excluding carboxylic acids is 1. The average Bonchev–Trinajstić information content (AvgIpc) is 2.57. The highest BCUT2D eigenvalue weighted by molar-refractivity contribution is 14.1. The quantitative estimate of drug-likeness (QED) is 0.438. The summed E-state index contributed by atoms with van der Waals surface area (Å²) in [6.07, 6.45) is 1.48. The van der Waals surface area contributed by atoms with Crippen molar-refractivity contribution in [1.29, 1.82) is 0 Å². The topological polar surface area (TPSA) is 80.2 Å². The van der Waals surface area contributed by atoms with Crippen molar-refractivity contribution in [2.45, 2.75) is 0 Å². The van der Waals surface area contributed by atoms with E-state index in [1.165, 1.54) is 13.3 Å². The number of nitrogens with one attached hydrogen (secondary N) is 1. The number of hydrazone groups is 1. The number of phenols is 1. The Hall–Kier alpha value is -2.29. The summed E-state index contributed by atoms with van der Waals surface area (Å²) in [5.74, 6) is 0.771. The smallest absolute Gasteiger partial charge is 0.271 e. The van der Waals surface area contributed by atoms with E-state index in [1.807, 2.05) is 22.6 Å². The Bertz CT molecular complexity index is 730. The van der Waals surface area contributed by atoms with Crippen molar-refractivity contribution in [2.75, 3.05) is 14.2 Å². The number of nitrogens with zero attached hydrogens (tertiary/aromatic N) is 1. The van der Waals surface area contributed by atoms with Crippen molar-refractivity contribution in [1.82, 2.24) is 5.43 Å². The molecule has 0 aliphatic rings. The minimum atomic E-state index is -0.329. The molecule has 0 fully saturated rings. The molecule has 120 valence electrons. The van der Waals surface area contributed by atoms with Crippen molar-refractivity contribution in [3.63, 3.8) is 0 Å². The molecule has 7 heteroatoms. The van der Waals surface area contributed by atoms with Crippen molar-refractivity contribution in [3.05, 3.63) is 51.1 Å². The van der Waals surface area contributed by atoms with Gasteiger partial charge >= 0.3 is 0 Å². The number of hydrogen-bond donors (Lipinski definition) is 2. The van der Waals surface area contributed by atoms with E-state index in [0.29, 0.717) is 26.2 Å². The summed E-state index contributed by atoms with van der Waals surface area (Å²) in [5.41, 5.74) is 3.61. The number of halogens is 1. The van der Waals surface area contributed by atoms with Crippen LogP contribution in [0.25, 0.3) is 0 Å². The van der Waals surface area contributed by atoms with Gasteiger partial charge in [0.05, 0.1) is 24.0 Å². The fraction of sp³-hybridized carbons (Fsp3) is 0.125. The second-order valence-electron chi connectivity index (χ2n) is 4.48. The van der Waals surface area contributed by atoms with Gasteiger partial charge in [0, 0.05) is 5.56 Å². The molecule has 0 heterocycles. The third kappa shape index (κ3) is 4.35. The Balaban J connectivity index is 2.06. The predicted molar refractivity (Wildman–Crippen MR) is 95.4 cm³/mol. The van der Waals surface area contributed by atoms with Crippen molar-refractivity contribution < 1.29 is 19.4 Å². The normalized spacial score (nSPS) is 10.6. The first-order valence-electron chi connectivity index (χ1n) is 6.59. The summed E-state index contributed by atoms with van der Waals surface area (Å²) in [5, 5.41) is 13.7. The number of benzene rings is 2. The molecule has 2 rings (SSSR count). The van der Waals surface area contributed by atoms with Crippen LogP contribution in [0.3, 0.4) is 0 Å². The van der Waals surface area contributed by atoms with Gasteiger partial charge in [-0.3, -0.25) is 4.79 Å². The van der Waals surface area contributed by atoms with Crippen molar-refractivity contribution in [3.8, 4) is 17.2 Å². The number of amides is 1. The standard InChI is InChI=1S/C16H15IN2O4/c1-22-12-5-3-11(4-6-12)16(21)19-18-9-10-7-13(17)15(20)14(8-10)23-2/h3-9,20H,1-2H3,(H,19,21)/b18-9-. The van der Waals surface area contributed by atoms with Gasteiger partial charge in [-0.15, -0.1) is 0 Å². The molecule has 2 aromatic rings. The van der Waals surface area contributed by atoms with Crippen molar-refractivity contribution in [2.24, 2.45) is 5.10 Å². The maximum absolute atomic E-state index is 11.9. The minimum Gasteiger partial charge on any atom is -0.504 e. The van der Waals surface area contributed by atoms with Crippen LogP contribution in [-0.2, 0) is 0 Å². The third-order valence-corrected chi connectivity index (χ3v) is 3.82. The molecule has 0 saturated heterocycles. The zero-order valence-corrected chi connectivity index (χ0v) is 14.7. The molecule has 0 bridgehead atoms. The highest BCUT2D eigenvalue weighted by atomic mass is 127. The summed E-state index contributed by atoms with van der Waals surface area (Å²) >= 11 is 1.99. The molecule has 0 saturated carbocycles. The van der Waals surface area contributed by atoms with Gasteiger partial charge in [0.25, 0.3) is 5.91 Å². The Labute approximate surface area is 147 Å². The van der Waals surface area contributed by atoms with Gasteiger partial charge in [-0.05, 0) is 64.6 Å². The van der Waals surface area contributed by atoms with E-state index in [-0.39, 0.29) is 11.7 Å². The van der Waals surface area contributed by atoms with Crippen LogP contribution >= 0.6 is 22.6 Å². The van der Waals surface area contributed by atoms with Crippen LogP contribution in [0.4, 0.5) is 0 Å². The lowest BCUT2D eigenvalue weighted by Gasteiger charge is -2.06. The maximum Gasteiger partial charge on any atom is 0.271 e. The Morgan fingerprint density at radius 1 is 1.22 bits per heavy atom. The molecule has 0 atom stereocenters. The Morgan fingerprint density at radius 2 is 1.91 bits per heavy atom. The van der Waals surface area contributed by atoms with Crippen LogP contribution < -0.4 is 14.9 Å². The fourth-order valence-electron chi connectivity index (χ4n) is 1.80. The maximum atomic E-state index is 11.9. The monoisotopic (exact) mass is 426 g/mol. The molecule has 0 spiro atoms. The van der Waals surface area contributed by atoms with Crippen LogP contribution in [-0.4, -0.2) is 31.4 Å². The minimum absolute atomic E-state index is 0.0764. The predicted octanol–water partition coefficient (Wildman–Crippen LogP) is 2.78. The number of ether oxygens (including phenoxy) is 2. The van der Waals surface area contributed by atoms with Crippen LogP contribution in [0, 0.1) is 3.57 Å². The highest BCUT2D eigenvalue weighted by Gasteiger charge is 2.08. The molecule has 2 aromatic carbocycles. The molecule has 1 amide bonds. The van der Waals surface area contributed by atoms with Crippen molar-refractivity contribution >= 4 is 34.7 Å². The second kappa shape index (κ2) is 7.82. The number of methoxy groups -OCH3 is 2. The van der Waals surface area contributed by atoms with Gasteiger partial charge in [0.15, 0.2) is 11.5 Å². The van der Waals surface area contributed by atoms with Crippen LogP contribution in [0.15, 0.2) is 41.5 Å². The lowest BCUT2D eigenvalue weighted by Crippen LogP contribution is -2.17.